The quantitative estimate of drug-likeness (QED) is 0.642. The van der Waals surface area contributed by atoms with E-state index in [1.54, 1.807) is 30.3 Å². The molecule has 90 valence electrons. The van der Waals surface area contributed by atoms with Gasteiger partial charge in [-0.1, -0.05) is 12.1 Å². The number of rotatable bonds is 1. The lowest BCUT2D eigenvalue weighted by Crippen LogP contribution is -2.04. The van der Waals surface area contributed by atoms with Gasteiger partial charge in [0.05, 0.1) is 16.6 Å². The van der Waals surface area contributed by atoms with Gasteiger partial charge >= 0.3 is 0 Å². The Morgan fingerprint density at radius 1 is 1.17 bits per heavy atom. The van der Waals surface area contributed by atoms with Crippen LogP contribution < -0.4 is 11.3 Å². The molecule has 0 aliphatic heterocycles. The van der Waals surface area contributed by atoms with E-state index in [0.29, 0.717) is 22.3 Å². The van der Waals surface area contributed by atoms with E-state index in [9.17, 15) is 9.18 Å². The molecule has 0 atom stereocenters. The molecular weight excluding hydrogens is 233 g/mol. The normalized spacial score (nSPS) is 10.9. The van der Waals surface area contributed by atoms with Crippen molar-refractivity contribution in [3.05, 3.63) is 58.6 Å². The molecule has 4 nitrogen and oxygen atoms in total. The van der Waals surface area contributed by atoms with Crippen LogP contribution >= 0.6 is 0 Å². The van der Waals surface area contributed by atoms with E-state index in [2.05, 4.69) is 5.10 Å². The van der Waals surface area contributed by atoms with Gasteiger partial charge in [-0.3, -0.25) is 14.6 Å². The third-order valence-corrected chi connectivity index (χ3v) is 2.82. The minimum absolute atomic E-state index is 0.285. The Bertz CT molecular complexity index is 788. The van der Waals surface area contributed by atoms with Crippen molar-refractivity contribution in [3.8, 4) is 5.69 Å². The number of fused-ring (bicyclic) bond motifs is 1. The maximum absolute atomic E-state index is 13.2. The van der Waals surface area contributed by atoms with Gasteiger partial charge in [0.1, 0.15) is 5.82 Å². The molecule has 1 aromatic heterocycles. The van der Waals surface area contributed by atoms with Crippen LogP contribution in [0.2, 0.25) is 0 Å². The number of halogens is 1. The van der Waals surface area contributed by atoms with Gasteiger partial charge in [0, 0.05) is 5.69 Å². The van der Waals surface area contributed by atoms with Gasteiger partial charge in [-0.15, -0.1) is 0 Å². The lowest BCUT2D eigenvalue weighted by molar-refractivity contribution is 0.625. The largest absolute Gasteiger partial charge is 0.398 e. The molecule has 3 aromatic rings. The maximum Gasteiger partial charge on any atom is 0.274 e. The first kappa shape index (κ1) is 10.6. The number of anilines is 1. The molecule has 3 rings (SSSR count). The Hall–Kier alpha value is -2.56. The number of nitrogens with zero attached hydrogens (tertiary/aromatic N) is 1. The summed E-state index contributed by atoms with van der Waals surface area (Å²) >= 11 is 0. The van der Waals surface area contributed by atoms with Crippen molar-refractivity contribution in [2.45, 2.75) is 0 Å². The van der Waals surface area contributed by atoms with Crippen molar-refractivity contribution in [3.63, 3.8) is 0 Å². The second-order valence-corrected chi connectivity index (χ2v) is 4.00. The van der Waals surface area contributed by atoms with Gasteiger partial charge in [0.25, 0.3) is 5.56 Å². The number of nitrogens with two attached hydrogens (primary N) is 1. The molecule has 0 saturated heterocycles. The molecule has 0 amide bonds. The van der Waals surface area contributed by atoms with Crippen LogP contribution in [-0.4, -0.2) is 9.78 Å². The first-order valence-electron chi connectivity index (χ1n) is 5.42. The molecule has 0 aliphatic carbocycles. The number of nitrogen functional groups attached to an aromatic ring is 1. The molecule has 0 spiro atoms. The van der Waals surface area contributed by atoms with E-state index in [-0.39, 0.29) is 11.4 Å². The summed E-state index contributed by atoms with van der Waals surface area (Å²) < 4.78 is 14.7. The average Bonchev–Trinajstić information content (AvgIpc) is 2.68. The van der Waals surface area contributed by atoms with E-state index in [1.165, 1.54) is 16.8 Å². The Morgan fingerprint density at radius 2 is 1.94 bits per heavy atom. The smallest absolute Gasteiger partial charge is 0.274 e. The van der Waals surface area contributed by atoms with Gasteiger partial charge < -0.3 is 5.73 Å². The molecule has 0 bridgehead atoms. The minimum Gasteiger partial charge on any atom is -0.398 e. The lowest BCUT2D eigenvalue weighted by Gasteiger charge is -2.04. The summed E-state index contributed by atoms with van der Waals surface area (Å²) in [4.78, 5) is 11.8. The Kier molecular flexibility index (Phi) is 2.19. The van der Waals surface area contributed by atoms with Crippen molar-refractivity contribution in [1.82, 2.24) is 9.78 Å². The topological polar surface area (TPSA) is 63.8 Å². The second kappa shape index (κ2) is 3.73. The summed E-state index contributed by atoms with van der Waals surface area (Å²) in [5, 5.41) is 3.07. The fourth-order valence-corrected chi connectivity index (χ4v) is 2.03. The highest BCUT2D eigenvalue weighted by atomic mass is 19.1. The van der Waals surface area contributed by atoms with Crippen molar-refractivity contribution >= 4 is 16.6 Å². The summed E-state index contributed by atoms with van der Waals surface area (Å²) in [5.41, 5.74) is 7.07. The summed E-state index contributed by atoms with van der Waals surface area (Å²) in [6, 6.07) is 11.2. The van der Waals surface area contributed by atoms with Gasteiger partial charge in [-0.25, -0.2) is 4.39 Å². The standard InChI is InChI=1S/C13H10FN3O/c14-8-3-1-4-9(7-8)17-11-6-2-5-10(15)12(11)13(18)16-17/h1-7H,15H2,(H,16,18). The number of benzene rings is 2. The van der Waals surface area contributed by atoms with E-state index in [4.69, 9.17) is 5.73 Å². The molecule has 2 aromatic carbocycles. The van der Waals surface area contributed by atoms with Crippen LogP contribution in [0, 0.1) is 5.82 Å². The number of nitrogens with one attached hydrogen (secondary N) is 1. The number of aromatic nitrogens is 2. The number of hydrogen-bond acceptors (Lipinski definition) is 2. The zero-order valence-corrected chi connectivity index (χ0v) is 9.35. The predicted molar refractivity (Wildman–Crippen MR) is 68.3 cm³/mol. The highest BCUT2D eigenvalue weighted by molar-refractivity contribution is 5.90. The molecule has 0 fully saturated rings. The molecule has 0 saturated carbocycles. The van der Waals surface area contributed by atoms with E-state index < -0.39 is 0 Å². The Labute approximate surface area is 101 Å². The van der Waals surface area contributed by atoms with Crippen LogP contribution in [0.3, 0.4) is 0 Å². The van der Waals surface area contributed by atoms with Gasteiger partial charge in [0.15, 0.2) is 0 Å². The molecule has 3 N–H and O–H groups in total. The summed E-state index contributed by atoms with van der Waals surface area (Å²) in [6.07, 6.45) is 0. The van der Waals surface area contributed by atoms with E-state index in [0.717, 1.165) is 0 Å². The van der Waals surface area contributed by atoms with Crippen molar-refractivity contribution in [2.24, 2.45) is 0 Å². The molecule has 0 radical (unpaired) electrons. The highest BCUT2D eigenvalue weighted by Gasteiger charge is 2.10. The summed E-state index contributed by atoms with van der Waals surface area (Å²) in [5.74, 6) is -0.362. The Morgan fingerprint density at radius 3 is 2.72 bits per heavy atom. The number of aromatic amines is 1. The fraction of sp³-hybridized carbons (Fsp3) is 0. The third-order valence-electron chi connectivity index (χ3n) is 2.82. The van der Waals surface area contributed by atoms with Crippen LogP contribution in [0.5, 0.6) is 0 Å². The average molecular weight is 243 g/mol. The van der Waals surface area contributed by atoms with Crippen LogP contribution in [0.25, 0.3) is 16.6 Å². The van der Waals surface area contributed by atoms with Gasteiger partial charge in [-0.2, -0.15) is 0 Å². The molecule has 5 heteroatoms. The van der Waals surface area contributed by atoms with Gasteiger partial charge in [-0.05, 0) is 30.3 Å². The SMILES string of the molecule is Nc1cccc2c1c(=O)[nH]n2-c1cccc(F)c1. The zero-order valence-electron chi connectivity index (χ0n) is 9.35. The summed E-state index contributed by atoms with van der Waals surface area (Å²) in [7, 11) is 0. The molecular formula is C13H10FN3O. The Balaban J connectivity index is 2.38. The van der Waals surface area contributed by atoms with Gasteiger partial charge in [0.2, 0.25) is 0 Å². The predicted octanol–water partition coefficient (Wildman–Crippen LogP) is 2.04. The first-order chi connectivity index (χ1) is 8.66. The maximum atomic E-state index is 13.2. The van der Waals surface area contributed by atoms with Crippen molar-refractivity contribution in [2.75, 3.05) is 5.73 Å². The molecule has 1 heterocycles. The van der Waals surface area contributed by atoms with Crippen LogP contribution in [0.1, 0.15) is 0 Å². The number of H-pyrrole nitrogens is 1. The second-order valence-electron chi connectivity index (χ2n) is 4.00. The molecule has 0 aliphatic rings. The highest BCUT2D eigenvalue weighted by Crippen LogP contribution is 2.20. The number of hydrogen-bond donors (Lipinski definition) is 2. The molecule has 0 unspecified atom stereocenters. The lowest BCUT2D eigenvalue weighted by atomic mass is 10.2. The van der Waals surface area contributed by atoms with Crippen LogP contribution in [0.15, 0.2) is 47.3 Å². The van der Waals surface area contributed by atoms with Crippen molar-refractivity contribution < 1.29 is 4.39 Å². The molecule has 18 heavy (non-hydrogen) atoms. The van der Waals surface area contributed by atoms with Crippen LogP contribution in [-0.2, 0) is 0 Å². The van der Waals surface area contributed by atoms with E-state index in [1.807, 2.05) is 0 Å². The monoisotopic (exact) mass is 243 g/mol. The zero-order chi connectivity index (χ0) is 12.7. The van der Waals surface area contributed by atoms with Crippen molar-refractivity contribution in [1.29, 1.82) is 0 Å². The van der Waals surface area contributed by atoms with Crippen LogP contribution in [0.4, 0.5) is 10.1 Å². The fourth-order valence-electron chi connectivity index (χ4n) is 2.03. The summed E-state index contributed by atoms with van der Waals surface area (Å²) in [6.45, 7) is 0. The van der Waals surface area contributed by atoms with E-state index >= 15 is 0 Å². The first-order valence-corrected chi connectivity index (χ1v) is 5.42. The minimum atomic E-state index is -0.362. The third kappa shape index (κ3) is 1.48.